The van der Waals surface area contributed by atoms with Crippen LogP contribution in [-0.2, 0) is 4.79 Å². The largest absolute Gasteiger partial charge is 0.423 e. The van der Waals surface area contributed by atoms with Crippen molar-refractivity contribution in [3.8, 4) is 11.8 Å². The average molecular weight is 359 g/mol. The minimum atomic E-state index is -0.389. The molecule has 0 aliphatic heterocycles. The van der Waals surface area contributed by atoms with Crippen molar-refractivity contribution in [1.29, 1.82) is 5.26 Å². The van der Waals surface area contributed by atoms with Crippen LogP contribution in [0.5, 0.6) is 5.75 Å². The molecule has 0 N–H and O–H groups in total. The first-order valence-corrected chi connectivity index (χ1v) is 9.31. The molecule has 138 valence electrons. The maximum absolute atomic E-state index is 12.1. The Morgan fingerprint density at radius 3 is 2.41 bits per heavy atom. The van der Waals surface area contributed by atoms with Gasteiger partial charge in [-0.05, 0) is 54.3 Å². The Hall–Kier alpha value is -3.12. The summed E-state index contributed by atoms with van der Waals surface area (Å²) in [4.78, 5) is 12.1. The van der Waals surface area contributed by atoms with E-state index >= 15 is 0 Å². The van der Waals surface area contributed by atoms with Crippen LogP contribution in [0.4, 0.5) is 0 Å². The SMILES string of the molecule is C=C(CCCCCC)C(=O)Oc1ccc(C(C#N)=Cc2ccccc2)cc1. The second-order valence-electron chi connectivity index (χ2n) is 6.41. The number of nitrogens with zero attached hydrogens (tertiary/aromatic N) is 1. The molecule has 2 rings (SSSR count). The Labute approximate surface area is 161 Å². The molecule has 3 nitrogen and oxygen atoms in total. The van der Waals surface area contributed by atoms with Crippen molar-refractivity contribution >= 4 is 17.6 Å². The van der Waals surface area contributed by atoms with Gasteiger partial charge in [-0.2, -0.15) is 5.26 Å². The minimum absolute atomic E-state index is 0.389. The average Bonchev–Trinajstić information content (AvgIpc) is 2.70. The maximum atomic E-state index is 12.1. The summed E-state index contributed by atoms with van der Waals surface area (Å²) in [7, 11) is 0. The van der Waals surface area contributed by atoms with Crippen LogP contribution >= 0.6 is 0 Å². The van der Waals surface area contributed by atoms with Crippen LogP contribution in [0.1, 0.15) is 50.2 Å². The molecule has 0 aliphatic carbocycles. The first-order chi connectivity index (χ1) is 13.1. The summed E-state index contributed by atoms with van der Waals surface area (Å²) in [6, 6.07) is 18.9. The number of nitriles is 1. The molecule has 0 bridgehead atoms. The molecular formula is C24H25NO2. The molecule has 0 aromatic heterocycles. The molecule has 2 aromatic carbocycles. The van der Waals surface area contributed by atoms with Gasteiger partial charge in [0.05, 0.1) is 11.6 Å². The lowest BCUT2D eigenvalue weighted by molar-refractivity contribution is -0.130. The van der Waals surface area contributed by atoms with Gasteiger partial charge in [-0.1, -0.05) is 63.1 Å². The first kappa shape index (κ1) is 20.2. The van der Waals surface area contributed by atoms with Gasteiger partial charge < -0.3 is 4.74 Å². The molecule has 3 heteroatoms. The Bertz CT molecular complexity index is 827. The summed E-state index contributed by atoms with van der Waals surface area (Å²) < 4.78 is 5.38. The van der Waals surface area contributed by atoms with Gasteiger partial charge in [0, 0.05) is 5.57 Å². The number of carbonyl (C=O) groups is 1. The van der Waals surface area contributed by atoms with Crippen molar-refractivity contribution in [2.75, 3.05) is 0 Å². The van der Waals surface area contributed by atoms with E-state index in [1.807, 2.05) is 36.4 Å². The molecule has 2 aromatic rings. The number of ether oxygens (including phenoxy) is 1. The summed E-state index contributed by atoms with van der Waals surface area (Å²) in [5, 5.41) is 9.43. The topological polar surface area (TPSA) is 50.1 Å². The van der Waals surface area contributed by atoms with E-state index in [0.29, 0.717) is 23.3 Å². The summed E-state index contributed by atoms with van der Waals surface area (Å²) in [6.07, 6.45) is 6.88. The van der Waals surface area contributed by atoms with Gasteiger partial charge in [0.15, 0.2) is 0 Å². The Kier molecular flexibility index (Phi) is 8.06. The molecule has 0 radical (unpaired) electrons. The molecule has 27 heavy (non-hydrogen) atoms. The van der Waals surface area contributed by atoms with Crippen molar-refractivity contribution in [3.63, 3.8) is 0 Å². The molecule has 0 aliphatic rings. The van der Waals surface area contributed by atoms with Crippen LogP contribution < -0.4 is 4.74 Å². The van der Waals surface area contributed by atoms with Crippen LogP contribution in [0.15, 0.2) is 66.7 Å². The number of benzene rings is 2. The molecule has 0 spiro atoms. The van der Waals surface area contributed by atoms with Gasteiger partial charge in [0.2, 0.25) is 0 Å². The molecule has 0 fully saturated rings. The molecule has 0 unspecified atom stereocenters. The van der Waals surface area contributed by atoms with Gasteiger partial charge >= 0.3 is 5.97 Å². The third kappa shape index (κ3) is 6.60. The van der Waals surface area contributed by atoms with Crippen molar-refractivity contribution < 1.29 is 9.53 Å². The number of unbranched alkanes of at least 4 members (excludes halogenated alkanes) is 3. The van der Waals surface area contributed by atoms with E-state index in [4.69, 9.17) is 4.74 Å². The van der Waals surface area contributed by atoms with Crippen LogP contribution in [0, 0.1) is 11.3 Å². The first-order valence-electron chi connectivity index (χ1n) is 9.31. The Morgan fingerprint density at radius 2 is 1.78 bits per heavy atom. The third-order valence-corrected chi connectivity index (χ3v) is 4.23. The number of hydrogen-bond donors (Lipinski definition) is 0. The summed E-state index contributed by atoms with van der Waals surface area (Å²) in [5.41, 5.74) is 2.79. The van der Waals surface area contributed by atoms with E-state index in [-0.39, 0.29) is 5.97 Å². The fourth-order valence-electron chi connectivity index (χ4n) is 2.65. The van der Waals surface area contributed by atoms with Crippen molar-refractivity contribution in [2.24, 2.45) is 0 Å². The van der Waals surface area contributed by atoms with Crippen LogP contribution in [0.25, 0.3) is 11.6 Å². The highest BCUT2D eigenvalue weighted by Crippen LogP contribution is 2.22. The smallest absolute Gasteiger partial charge is 0.338 e. The molecule has 0 saturated carbocycles. The zero-order valence-corrected chi connectivity index (χ0v) is 15.8. The lowest BCUT2D eigenvalue weighted by Crippen LogP contribution is -2.10. The fraction of sp³-hybridized carbons (Fsp3) is 0.250. The van der Waals surface area contributed by atoms with Crippen molar-refractivity contribution in [2.45, 2.75) is 39.0 Å². The molecule has 0 amide bonds. The normalized spacial score (nSPS) is 10.9. The van der Waals surface area contributed by atoms with E-state index in [1.54, 1.807) is 24.3 Å². The van der Waals surface area contributed by atoms with E-state index in [1.165, 1.54) is 6.42 Å². The Morgan fingerprint density at radius 1 is 1.07 bits per heavy atom. The zero-order chi connectivity index (χ0) is 19.5. The van der Waals surface area contributed by atoms with E-state index in [0.717, 1.165) is 30.4 Å². The standard InChI is InChI=1S/C24H25NO2/c1-3-4-5-7-10-19(2)24(26)27-23-15-13-21(14-16-23)22(18-25)17-20-11-8-6-9-12-20/h6,8-9,11-17H,2-5,7,10H2,1H3. The highest BCUT2D eigenvalue weighted by molar-refractivity contribution is 5.91. The predicted octanol–water partition coefficient (Wildman–Crippen LogP) is 6.18. The van der Waals surface area contributed by atoms with Gasteiger partial charge in [-0.25, -0.2) is 4.79 Å². The fourth-order valence-corrected chi connectivity index (χ4v) is 2.65. The van der Waals surface area contributed by atoms with Gasteiger partial charge in [-0.15, -0.1) is 0 Å². The van der Waals surface area contributed by atoms with E-state index in [2.05, 4.69) is 19.6 Å². The van der Waals surface area contributed by atoms with Crippen LogP contribution in [-0.4, -0.2) is 5.97 Å². The number of carbonyl (C=O) groups excluding carboxylic acids is 1. The second kappa shape index (κ2) is 10.8. The van der Waals surface area contributed by atoms with E-state index < -0.39 is 0 Å². The number of allylic oxidation sites excluding steroid dienone is 1. The number of rotatable bonds is 9. The zero-order valence-electron chi connectivity index (χ0n) is 15.8. The lowest BCUT2D eigenvalue weighted by atomic mass is 10.0. The highest BCUT2D eigenvalue weighted by Gasteiger charge is 2.10. The van der Waals surface area contributed by atoms with Crippen LogP contribution in [0.3, 0.4) is 0 Å². The molecular weight excluding hydrogens is 334 g/mol. The molecule has 0 saturated heterocycles. The minimum Gasteiger partial charge on any atom is -0.423 e. The number of esters is 1. The van der Waals surface area contributed by atoms with Gasteiger partial charge in [0.1, 0.15) is 5.75 Å². The quantitative estimate of drug-likeness (QED) is 0.134. The molecule has 0 atom stereocenters. The Balaban J connectivity index is 1.98. The van der Waals surface area contributed by atoms with Crippen LogP contribution in [0.2, 0.25) is 0 Å². The summed E-state index contributed by atoms with van der Waals surface area (Å²) >= 11 is 0. The maximum Gasteiger partial charge on any atom is 0.338 e. The van der Waals surface area contributed by atoms with Crippen molar-refractivity contribution in [1.82, 2.24) is 0 Å². The highest BCUT2D eigenvalue weighted by atomic mass is 16.5. The monoisotopic (exact) mass is 359 g/mol. The lowest BCUT2D eigenvalue weighted by Gasteiger charge is -2.07. The van der Waals surface area contributed by atoms with E-state index in [9.17, 15) is 10.1 Å². The molecule has 0 heterocycles. The predicted molar refractivity (Wildman–Crippen MR) is 110 cm³/mol. The third-order valence-electron chi connectivity index (χ3n) is 4.23. The van der Waals surface area contributed by atoms with Crippen molar-refractivity contribution in [3.05, 3.63) is 77.9 Å². The van der Waals surface area contributed by atoms with Gasteiger partial charge in [-0.3, -0.25) is 0 Å². The number of hydrogen-bond acceptors (Lipinski definition) is 3. The summed E-state index contributed by atoms with van der Waals surface area (Å²) in [5.74, 6) is 0.0649. The van der Waals surface area contributed by atoms with Gasteiger partial charge in [0.25, 0.3) is 0 Å². The second-order valence-corrected chi connectivity index (χ2v) is 6.41. The summed E-state index contributed by atoms with van der Waals surface area (Å²) in [6.45, 7) is 5.98.